The van der Waals surface area contributed by atoms with Gasteiger partial charge < -0.3 is 10.1 Å². The fourth-order valence-corrected chi connectivity index (χ4v) is 3.47. The fourth-order valence-electron chi connectivity index (χ4n) is 2.52. The van der Waals surface area contributed by atoms with E-state index in [1.165, 1.54) is 11.3 Å². The smallest absolute Gasteiger partial charge is 0.349 e. The zero-order chi connectivity index (χ0) is 18.7. The third-order valence-electron chi connectivity index (χ3n) is 4.21. The lowest BCUT2D eigenvalue weighted by Crippen LogP contribution is -2.31. The maximum atomic E-state index is 12.4. The zero-order valence-corrected chi connectivity index (χ0v) is 15.7. The van der Waals surface area contributed by atoms with Crippen molar-refractivity contribution in [3.8, 4) is 0 Å². The molecule has 3 rings (SSSR count). The van der Waals surface area contributed by atoms with Gasteiger partial charge in [0.05, 0.1) is 12.2 Å². The summed E-state index contributed by atoms with van der Waals surface area (Å²) < 4.78 is 8.09. The van der Waals surface area contributed by atoms with Crippen LogP contribution in [0.15, 0.2) is 42.6 Å². The van der Waals surface area contributed by atoms with Crippen LogP contribution >= 0.6 is 11.3 Å². The highest BCUT2D eigenvalue weighted by Gasteiger charge is 2.22. The van der Waals surface area contributed by atoms with Crippen LogP contribution in [0.1, 0.15) is 42.9 Å². The van der Waals surface area contributed by atoms with E-state index in [1.54, 1.807) is 29.9 Å². The summed E-state index contributed by atoms with van der Waals surface area (Å²) in [6, 6.07) is 11.4. The molecule has 1 N–H and O–H groups in total. The Morgan fingerprint density at radius 1 is 1.27 bits per heavy atom. The Bertz CT molecular complexity index is 898. The minimum absolute atomic E-state index is 0.164. The lowest BCUT2D eigenvalue weighted by atomic mass is 10.2. The van der Waals surface area contributed by atoms with Gasteiger partial charge in [0.15, 0.2) is 6.10 Å². The van der Waals surface area contributed by atoms with E-state index in [1.807, 2.05) is 38.1 Å². The number of rotatable bonds is 6. The highest BCUT2D eigenvalue weighted by atomic mass is 32.1. The maximum Gasteiger partial charge on any atom is 0.349 e. The van der Waals surface area contributed by atoms with Crippen molar-refractivity contribution in [3.05, 3.63) is 47.5 Å². The molecule has 1 aromatic carbocycles. The lowest BCUT2D eigenvalue weighted by Gasteiger charge is -2.16. The van der Waals surface area contributed by atoms with E-state index < -0.39 is 12.1 Å². The molecule has 0 saturated heterocycles. The van der Waals surface area contributed by atoms with E-state index in [0.29, 0.717) is 10.7 Å². The molecule has 2 aromatic heterocycles. The number of nitrogens with one attached hydrogen (secondary N) is 1. The van der Waals surface area contributed by atoms with Crippen LogP contribution in [-0.2, 0) is 9.53 Å². The van der Waals surface area contributed by atoms with Gasteiger partial charge >= 0.3 is 5.97 Å². The van der Waals surface area contributed by atoms with Gasteiger partial charge in [-0.2, -0.15) is 5.10 Å². The number of anilines is 1. The van der Waals surface area contributed by atoms with Gasteiger partial charge in [-0.15, -0.1) is 11.3 Å². The molecule has 0 radical (unpaired) electrons. The first kappa shape index (κ1) is 18.1. The largest absolute Gasteiger partial charge is 0.448 e. The molecule has 0 bridgehead atoms. The molecule has 7 heteroatoms. The Kier molecular flexibility index (Phi) is 5.37. The van der Waals surface area contributed by atoms with E-state index in [-0.39, 0.29) is 11.9 Å². The van der Waals surface area contributed by atoms with E-state index in [2.05, 4.69) is 10.4 Å². The number of esters is 1. The van der Waals surface area contributed by atoms with E-state index in [0.717, 1.165) is 16.5 Å². The van der Waals surface area contributed by atoms with Gasteiger partial charge in [0.2, 0.25) is 0 Å². The lowest BCUT2D eigenvalue weighted by molar-refractivity contribution is -0.123. The third kappa shape index (κ3) is 3.77. The topological polar surface area (TPSA) is 73.2 Å². The molecule has 0 spiro atoms. The molecule has 0 unspecified atom stereocenters. The molecule has 0 saturated carbocycles. The fraction of sp³-hybridized carbons (Fsp3) is 0.316. The molecule has 0 fully saturated rings. The highest BCUT2D eigenvalue weighted by Crippen LogP contribution is 2.26. The van der Waals surface area contributed by atoms with Crippen molar-refractivity contribution in [1.82, 2.24) is 9.78 Å². The Balaban J connectivity index is 1.65. The maximum absolute atomic E-state index is 12.4. The summed E-state index contributed by atoms with van der Waals surface area (Å²) in [6.45, 7) is 5.63. The zero-order valence-electron chi connectivity index (χ0n) is 14.9. The molecule has 136 valence electrons. The van der Waals surface area contributed by atoms with E-state index >= 15 is 0 Å². The molecule has 1 amide bonds. The summed E-state index contributed by atoms with van der Waals surface area (Å²) in [5.74, 6) is -0.289. The molecule has 26 heavy (non-hydrogen) atoms. The molecule has 0 aliphatic rings. The number of carbonyl (C=O) groups excluding carboxylic acids is 2. The van der Waals surface area contributed by atoms with Gasteiger partial charge in [-0.25, -0.2) is 9.48 Å². The summed E-state index contributed by atoms with van der Waals surface area (Å²) in [6.07, 6.45) is 1.62. The molecule has 3 aromatic rings. The number of hydrogen-bond acceptors (Lipinski definition) is 5. The number of ether oxygens (including phenoxy) is 1. The predicted octanol–water partition coefficient (Wildman–Crippen LogP) is 4.25. The van der Waals surface area contributed by atoms with Crippen molar-refractivity contribution in [2.45, 2.75) is 39.3 Å². The summed E-state index contributed by atoms with van der Waals surface area (Å²) in [5, 5.41) is 7.99. The summed E-state index contributed by atoms with van der Waals surface area (Å²) in [4.78, 5) is 25.2. The molecule has 2 heterocycles. The second-order valence-electron chi connectivity index (χ2n) is 6.10. The number of carbonyl (C=O) groups is 2. The molecule has 2 atom stereocenters. The summed E-state index contributed by atoms with van der Waals surface area (Å²) >= 11 is 1.35. The SMILES string of the molecule is CC[C@H](C)n1nccc1NC(=O)[C@@H](C)OC(=O)c1cc2ccccc2s1. The molecular weight excluding hydrogens is 350 g/mol. The standard InChI is InChI=1S/C19H21N3O3S/c1-4-12(2)22-17(9-10-20-22)21-18(23)13(3)25-19(24)16-11-14-7-5-6-8-15(14)26-16/h5-13H,4H2,1-3H3,(H,21,23)/t12-,13+/m0/s1. The van der Waals surface area contributed by atoms with Gasteiger partial charge in [0.25, 0.3) is 5.91 Å². The molecule has 0 aliphatic heterocycles. The minimum Gasteiger partial charge on any atom is -0.448 e. The quantitative estimate of drug-likeness (QED) is 0.657. The first-order valence-corrected chi connectivity index (χ1v) is 9.35. The second-order valence-corrected chi connectivity index (χ2v) is 7.19. The second kappa shape index (κ2) is 7.70. The van der Waals surface area contributed by atoms with E-state index in [4.69, 9.17) is 4.74 Å². The van der Waals surface area contributed by atoms with Crippen molar-refractivity contribution in [3.63, 3.8) is 0 Å². The van der Waals surface area contributed by atoms with Gasteiger partial charge in [0.1, 0.15) is 10.7 Å². The van der Waals surface area contributed by atoms with Crippen LogP contribution in [-0.4, -0.2) is 27.8 Å². The van der Waals surface area contributed by atoms with Crippen LogP contribution < -0.4 is 5.32 Å². The van der Waals surface area contributed by atoms with Crippen LogP contribution in [0.2, 0.25) is 0 Å². The van der Waals surface area contributed by atoms with Crippen molar-refractivity contribution >= 4 is 39.1 Å². The van der Waals surface area contributed by atoms with Crippen LogP contribution in [0.5, 0.6) is 0 Å². The third-order valence-corrected chi connectivity index (χ3v) is 5.31. The number of nitrogens with zero attached hydrogens (tertiary/aromatic N) is 2. The van der Waals surface area contributed by atoms with Gasteiger partial charge in [-0.1, -0.05) is 25.1 Å². The van der Waals surface area contributed by atoms with Crippen molar-refractivity contribution < 1.29 is 14.3 Å². The number of hydrogen-bond donors (Lipinski definition) is 1. The van der Waals surface area contributed by atoms with Crippen LogP contribution in [0.3, 0.4) is 0 Å². The van der Waals surface area contributed by atoms with Crippen LogP contribution in [0, 0.1) is 0 Å². The number of thiophene rings is 1. The van der Waals surface area contributed by atoms with Crippen LogP contribution in [0.25, 0.3) is 10.1 Å². The molecule has 0 aliphatic carbocycles. The number of aromatic nitrogens is 2. The van der Waals surface area contributed by atoms with Gasteiger partial charge in [-0.3, -0.25) is 4.79 Å². The van der Waals surface area contributed by atoms with Crippen LogP contribution in [0.4, 0.5) is 5.82 Å². The number of fused-ring (bicyclic) bond motifs is 1. The average molecular weight is 371 g/mol. The number of benzene rings is 1. The van der Waals surface area contributed by atoms with E-state index in [9.17, 15) is 9.59 Å². The Hall–Kier alpha value is -2.67. The van der Waals surface area contributed by atoms with Crippen molar-refractivity contribution in [2.75, 3.05) is 5.32 Å². The van der Waals surface area contributed by atoms with Crippen molar-refractivity contribution in [2.24, 2.45) is 0 Å². The molecular formula is C19H21N3O3S. The predicted molar refractivity (Wildman–Crippen MR) is 103 cm³/mol. The Morgan fingerprint density at radius 2 is 2.04 bits per heavy atom. The average Bonchev–Trinajstić information content (AvgIpc) is 3.27. The normalized spacial score (nSPS) is 13.3. The van der Waals surface area contributed by atoms with Gasteiger partial charge in [0, 0.05) is 10.8 Å². The summed E-state index contributed by atoms with van der Waals surface area (Å²) in [7, 11) is 0. The van der Waals surface area contributed by atoms with Gasteiger partial charge in [-0.05, 0) is 37.8 Å². The highest BCUT2D eigenvalue weighted by molar-refractivity contribution is 7.20. The first-order chi connectivity index (χ1) is 12.5. The number of amides is 1. The van der Waals surface area contributed by atoms with Crippen molar-refractivity contribution in [1.29, 1.82) is 0 Å². The Morgan fingerprint density at radius 3 is 2.77 bits per heavy atom. The minimum atomic E-state index is -0.909. The first-order valence-electron chi connectivity index (χ1n) is 8.53. The molecule has 6 nitrogen and oxygen atoms in total. The monoisotopic (exact) mass is 371 g/mol. The Labute approximate surface area is 155 Å². The summed E-state index contributed by atoms with van der Waals surface area (Å²) in [5.41, 5.74) is 0.